The van der Waals surface area contributed by atoms with E-state index in [9.17, 15) is 27.2 Å². The first-order valence-corrected chi connectivity index (χ1v) is 7.77. The molecule has 0 spiro atoms. The summed E-state index contributed by atoms with van der Waals surface area (Å²) in [6, 6.07) is -0.610. The van der Waals surface area contributed by atoms with Gasteiger partial charge in [-0.15, -0.1) is 5.48 Å². The fraction of sp³-hybridized carbons (Fsp3) is 0.412. The minimum absolute atomic E-state index is 0.183. The van der Waals surface area contributed by atoms with Gasteiger partial charge in [-0.3, -0.25) is 4.79 Å². The molecule has 8 heteroatoms. The Morgan fingerprint density at radius 3 is 2.28 bits per heavy atom. The van der Waals surface area contributed by atoms with Crippen LogP contribution in [0.1, 0.15) is 42.6 Å². The first kappa shape index (κ1) is 19.1. The van der Waals surface area contributed by atoms with Crippen LogP contribution in [0.15, 0.2) is 12.2 Å². The van der Waals surface area contributed by atoms with Gasteiger partial charge in [-0.25, -0.2) is 22.4 Å². The molecule has 0 aliphatic heterocycles. The van der Waals surface area contributed by atoms with Crippen LogP contribution in [-0.2, 0) is 16.1 Å². The highest BCUT2D eigenvalue weighted by Gasteiger charge is 2.46. The zero-order chi connectivity index (χ0) is 18.9. The van der Waals surface area contributed by atoms with E-state index in [1.165, 1.54) is 6.92 Å². The third kappa shape index (κ3) is 3.58. The predicted octanol–water partition coefficient (Wildman–Crippen LogP) is 3.39. The van der Waals surface area contributed by atoms with E-state index in [2.05, 4.69) is 12.1 Å². The molecule has 0 heterocycles. The maximum Gasteiger partial charge on any atom is 0.352 e. The minimum Gasteiger partial charge on any atom is -0.367 e. The van der Waals surface area contributed by atoms with Crippen LogP contribution in [0.2, 0.25) is 0 Å². The normalized spacial score (nSPS) is 18.8. The van der Waals surface area contributed by atoms with Gasteiger partial charge in [-0.1, -0.05) is 20.4 Å². The van der Waals surface area contributed by atoms with Crippen molar-refractivity contribution in [2.75, 3.05) is 0 Å². The van der Waals surface area contributed by atoms with Gasteiger partial charge in [0.25, 0.3) is 0 Å². The zero-order valence-electron chi connectivity index (χ0n) is 13.7. The second-order valence-electron chi connectivity index (χ2n) is 5.74. The fourth-order valence-corrected chi connectivity index (χ4v) is 2.41. The summed E-state index contributed by atoms with van der Waals surface area (Å²) in [5.41, 5.74) is 1.27. The Bertz CT molecular complexity index is 748. The van der Waals surface area contributed by atoms with Crippen molar-refractivity contribution in [3.8, 4) is 0 Å². The van der Waals surface area contributed by atoms with Crippen LogP contribution < -0.4 is 5.48 Å². The van der Waals surface area contributed by atoms with Gasteiger partial charge >= 0.3 is 5.97 Å². The van der Waals surface area contributed by atoms with Gasteiger partial charge < -0.3 is 4.84 Å². The maximum absolute atomic E-state index is 14.0. The van der Waals surface area contributed by atoms with Crippen molar-refractivity contribution in [2.24, 2.45) is 5.92 Å². The molecule has 2 unspecified atom stereocenters. The molecule has 2 atom stereocenters. The summed E-state index contributed by atoms with van der Waals surface area (Å²) < 4.78 is 54.6. The van der Waals surface area contributed by atoms with E-state index >= 15 is 0 Å². The van der Waals surface area contributed by atoms with E-state index in [0.717, 1.165) is 0 Å². The molecular formula is C17H17F4NO3. The number of hydrogen-bond donors (Lipinski definition) is 1. The summed E-state index contributed by atoms with van der Waals surface area (Å²) in [7, 11) is 0. The highest BCUT2D eigenvalue weighted by molar-refractivity contribution is 6.01. The summed E-state index contributed by atoms with van der Waals surface area (Å²) in [5.74, 6) is -9.62. The lowest BCUT2D eigenvalue weighted by Gasteiger charge is -2.12. The average molecular weight is 359 g/mol. The molecular weight excluding hydrogens is 342 g/mol. The molecule has 1 fully saturated rings. The molecule has 0 radical (unpaired) electrons. The van der Waals surface area contributed by atoms with Crippen LogP contribution in [-0.4, -0.2) is 17.8 Å². The first-order chi connectivity index (χ1) is 11.7. The van der Waals surface area contributed by atoms with Crippen molar-refractivity contribution in [3.63, 3.8) is 0 Å². The lowest BCUT2D eigenvalue weighted by molar-refractivity contribution is -0.146. The molecule has 1 aliphatic rings. The standard InChI is InChI=1S/C17H17F4NO3/c1-4-7(3)17(24)25-22-10-6-9(10)16(23)11-8(5-2)12(18)14(20)15(21)13(11)19/h9-10,22H,3-6H2,1-2H3. The maximum atomic E-state index is 14.0. The Morgan fingerprint density at radius 1 is 1.12 bits per heavy atom. The van der Waals surface area contributed by atoms with Crippen LogP contribution in [0, 0.1) is 29.2 Å². The van der Waals surface area contributed by atoms with Crippen LogP contribution in [0.3, 0.4) is 0 Å². The van der Waals surface area contributed by atoms with Gasteiger partial charge in [0.2, 0.25) is 0 Å². The van der Waals surface area contributed by atoms with Gasteiger partial charge in [0.05, 0.1) is 11.6 Å². The third-order valence-corrected chi connectivity index (χ3v) is 4.11. The van der Waals surface area contributed by atoms with Gasteiger partial charge in [-0.05, 0) is 19.3 Å². The van der Waals surface area contributed by atoms with Gasteiger partial charge in [0.1, 0.15) is 0 Å². The fourth-order valence-electron chi connectivity index (χ4n) is 2.41. The number of benzene rings is 1. The number of rotatable bonds is 7. The largest absolute Gasteiger partial charge is 0.367 e. The summed E-state index contributed by atoms with van der Waals surface area (Å²) in [6.07, 6.45) is 0.387. The monoisotopic (exact) mass is 359 g/mol. The minimum atomic E-state index is -2.02. The summed E-state index contributed by atoms with van der Waals surface area (Å²) >= 11 is 0. The Balaban J connectivity index is 2.15. The van der Waals surface area contributed by atoms with E-state index in [0.29, 0.717) is 6.42 Å². The van der Waals surface area contributed by atoms with Crippen molar-refractivity contribution in [1.82, 2.24) is 5.48 Å². The second-order valence-corrected chi connectivity index (χ2v) is 5.74. The van der Waals surface area contributed by atoms with Crippen LogP contribution in [0.4, 0.5) is 17.6 Å². The number of hydroxylamine groups is 1. The number of Topliss-reactive ketones (excluding diaryl/α,β-unsaturated/α-hetero) is 1. The highest BCUT2D eigenvalue weighted by Crippen LogP contribution is 2.37. The molecule has 0 bridgehead atoms. The summed E-state index contributed by atoms with van der Waals surface area (Å²) in [4.78, 5) is 28.6. The molecule has 0 amide bonds. The number of hydrogen-bond acceptors (Lipinski definition) is 4. The quantitative estimate of drug-likeness (QED) is 0.202. The highest BCUT2D eigenvalue weighted by atomic mass is 19.2. The summed E-state index contributed by atoms with van der Waals surface area (Å²) in [5, 5.41) is 0. The SMILES string of the molecule is C=C(CC)C(=O)ONC1CC1C(=O)c1c(F)c(F)c(F)c(F)c1CC. The van der Waals surface area contributed by atoms with Crippen LogP contribution >= 0.6 is 0 Å². The lowest BCUT2D eigenvalue weighted by atomic mass is 9.97. The molecule has 1 aliphatic carbocycles. The Labute approximate surface area is 141 Å². The molecule has 1 aromatic rings. The van der Waals surface area contributed by atoms with Gasteiger partial charge in [-0.2, -0.15) is 0 Å². The Hall–Kier alpha value is -2.22. The van der Waals surface area contributed by atoms with E-state index in [4.69, 9.17) is 4.84 Å². The number of ketones is 1. The van der Waals surface area contributed by atoms with E-state index in [1.54, 1.807) is 6.92 Å². The molecule has 4 nitrogen and oxygen atoms in total. The van der Waals surface area contributed by atoms with E-state index in [1.807, 2.05) is 0 Å². The summed E-state index contributed by atoms with van der Waals surface area (Å²) in [6.45, 7) is 6.59. The van der Waals surface area contributed by atoms with Crippen molar-refractivity contribution in [1.29, 1.82) is 0 Å². The molecule has 0 aromatic heterocycles. The van der Waals surface area contributed by atoms with E-state index in [-0.39, 0.29) is 18.4 Å². The van der Waals surface area contributed by atoms with Crippen LogP contribution in [0.5, 0.6) is 0 Å². The van der Waals surface area contributed by atoms with Crippen molar-refractivity contribution in [2.45, 2.75) is 39.2 Å². The lowest BCUT2D eigenvalue weighted by Crippen LogP contribution is -2.26. The smallest absolute Gasteiger partial charge is 0.352 e. The third-order valence-electron chi connectivity index (χ3n) is 4.11. The molecule has 25 heavy (non-hydrogen) atoms. The molecule has 1 N–H and O–H groups in total. The number of carbonyl (C=O) groups excluding carboxylic acids is 2. The van der Waals surface area contributed by atoms with E-state index < -0.39 is 58.1 Å². The Kier molecular flexibility index (Phi) is 5.62. The Morgan fingerprint density at radius 2 is 1.72 bits per heavy atom. The number of halogens is 4. The predicted molar refractivity (Wildman–Crippen MR) is 80.5 cm³/mol. The molecule has 0 saturated heterocycles. The molecule has 2 rings (SSSR count). The number of nitrogens with one attached hydrogen (secondary N) is 1. The number of carbonyl (C=O) groups is 2. The zero-order valence-corrected chi connectivity index (χ0v) is 13.7. The first-order valence-electron chi connectivity index (χ1n) is 7.77. The van der Waals surface area contributed by atoms with Crippen molar-refractivity contribution < 1.29 is 32.0 Å². The van der Waals surface area contributed by atoms with Gasteiger partial charge in [0, 0.05) is 17.1 Å². The molecule has 1 saturated carbocycles. The van der Waals surface area contributed by atoms with Gasteiger partial charge in [0.15, 0.2) is 29.1 Å². The topological polar surface area (TPSA) is 55.4 Å². The second kappa shape index (κ2) is 7.35. The average Bonchev–Trinajstić information content (AvgIpc) is 3.39. The van der Waals surface area contributed by atoms with Crippen molar-refractivity contribution >= 4 is 11.8 Å². The molecule has 1 aromatic carbocycles. The van der Waals surface area contributed by atoms with Crippen molar-refractivity contribution in [3.05, 3.63) is 46.5 Å². The van der Waals surface area contributed by atoms with Crippen LogP contribution in [0.25, 0.3) is 0 Å². The molecule has 136 valence electrons.